The van der Waals surface area contributed by atoms with Gasteiger partial charge in [0.15, 0.2) is 0 Å². The number of amides is 1. The van der Waals surface area contributed by atoms with Crippen molar-refractivity contribution in [3.63, 3.8) is 0 Å². The van der Waals surface area contributed by atoms with E-state index >= 15 is 0 Å². The van der Waals surface area contributed by atoms with Gasteiger partial charge in [-0.05, 0) is 17.5 Å². The van der Waals surface area contributed by atoms with Gasteiger partial charge in [-0.2, -0.15) is 12.7 Å². The van der Waals surface area contributed by atoms with Gasteiger partial charge in [-0.25, -0.2) is 4.72 Å². The van der Waals surface area contributed by atoms with Crippen LogP contribution in [-0.2, 0) is 28.0 Å². The zero-order valence-corrected chi connectivity index (χ0v) is 9.20. The first-order valence-electron chi connectivity index (χ1n) is 4.98. The Labute approximate surface area is 93.2 Å². The summed E-state index contributed by atoms with van der Waals surface area (Å²) in [7, 11) is -3.61. The predicted molar refractivity (Wildman–Crippen MR) is 56.5 cm³/mol. The molecule has 2 heterocycles. The maximum atomic E-state index is 11.6. The summed E-state index contributed by atoms with van der Waals surface area (Å²) in [4.78, 5) is 11.5. The summed E-state index contributed by atoms with van der Waals surface area (Å²) in [6.45, 7) is 0.280. The molecule has 0 aliphatic carbocycles. The standard InChI is InChI=1S/C10H10N2O3S/c13-10-9-5-7-3-1-2-4-8(7)6-12(9)16(14,15)11-10/h1-4,9H,5-6H2,(H,11,13). The van der Waals surface area contributed by atoms with Gasteiger partial charge in [-0.15, -0.1) is 0 Å². The molecular formula is C10H10N2O3S. The van der Waals surface area contributed by atoms with Crippen LogP contribution in [0.15, 0.2) is 24.3 Å². The summed E-state index contributed by atoms with van der Waals surface area (Å²) >= 11 is 0. The van der Waals surface area contributed by atoms with Gasteiger partial charge in [0.25, 0.3) is 5.91 Å². The Morgan fingerprint density at radius 1 is 1.25 bits per heavy atom. The van der Waals surface area contributed by atoms with E-state index in [4.69, 9.17) is 0 Å². The van der Waals surface area contributed by atoms with Crippen molar-refractivity contribution in [2.24, 2.45) is 0 Å². The molecule has 0 aromatic heterocycles. The summed E-state index contributed by atoms with van der Waals surface area (Å²) in [5.41, 5.74) is 2.02. The summed E-state index contributed by atoms with van der Waals surface area (Å²) in [5.74, 6) is -0.422. The van der Waals surface area contributed by atoms with E-state index < -0.39 is 22.2 Å². The number of nitrogens with one attached hydrogen (secondary N) is 1. The van der Waals surface area contributed by atoms with Crippen molar-refractivity contribution < 1.29 is 13.2 Å². The molecule has 3 rings (SSSR count). The summed E-state index contributed by atoms with van der Waals surface area (Å²) in [5, 5.41) is 0. The molecule has 1 saturated heterocycles. The molecule has 0 radical (unpaired) electrons. The van der Waals surface area contributed by atoms with Crippen LogP contribution >= 0.6 is 0 Å². The minimum atomic E-state index is -3.61. The topological polar surface area (TPSA) is 66.5 Å². The van der Waals surface area contributed by atoms with E-state index in [-0.39, 0.29) is 6.54 Å². The average Bonchev–Trinajstić information content (AvgIpc) is 2.47. The van der Waals surface area contributed by atoms with Gasteiger partial charge in [0, 0.05) is 6.54 Å². The van der Waals surface area contributed by atoms with Crippen LogP contribution in [0, 0.1) is 0 Å². The van der Waals surface area contributed by atoms with E-state index in [9.17, 15) is 13.2 Å². The number of benzene rings is 1. The lowest BCUT2D eigenvalue weighted by molar-refractivity contribution is -0.121. The Kier molecular flexibility index (Phi) is 1.87. The van der Waals surface area contributed by atoms with Gasteiger partial charge < -0.3 is 0 Å². The number of fused-ring (bicyclic) bond motifs is 2. The highest BCUT2D eigenvalue weighted by Gasteiger charge is 2.46. The first-order chi connectivity index (χ1) is 7.58. The van der Waals surface area contributed by atoms with Crippen molar-refractivity contribution in [2.45, 2.75) is 19.0 Å². The number of hydrogen-bond acceptors (Lipinski definition) is 3. The molecule has 16 heavy (non-hydrogen) atoms. The van der Waals surface area contributed by atoms with Crippen LogP contribution < -0.4 is 4.72 Å². The van der Waals surface area contributed by atoms with Gasteiger partial charge in [0.05, 0.1) is 0 Å². The van der Waals surface area contributed by atoms with Gasteiger partial charge in [0.2, 0.25) is 0 Å². The zero-order valence-electron chi connectivity index (χ0n) is 8.38. The van der Waals surface area contributed by atoms with Crippen LogP contribution in [0.2, 0.25) is 0 Å². The highest BCUT2D eigenvalue weighted by Crippen LogP contribution is 2.28. The minimum absolute atomic E-state index is 0.280. The lowest BCUT2D eigenvalue weighted by atomic mass is 9.96. The second kappa shape index (κ2) is 3.05. The van der Waals surface area contributed by atoms with Gasteiger partial charge >= 0.3 is 10.2 Å². The SMILES string of the molecule is O=C1NS(=O)(=O)N2Cc3ccccc3CC12. The number of hydrogen-bond donors (Lipinski definition) is 1. The molecule has 2 aliphatic rings. The van der Waals surface area contributed by atoms with Crippen molar-refractivity contribution in [1.29, 1.82) is 0 Å². The molecule has 1 unspecified atom stereocenters. The smallest absolute Gasteiger partial charge is 0.272 e. The van der Waals surface area contributed by atoms with Gasteiger partial charge in [-0.3, -0.25) is 4.79 Å². The van der Waals surface area contributed by atoms with E-state index in [0.717, 1.165) is 11.1 Å². The van der Waals surface area contributed by atoms with E-state index in [1.54, 1.807) is 0 Å². The number of carbonyl (C=O) groups excluding carboxylic acids is 1. The quantitative estimate of drug-likeness (QED) is 0.680. The molecule has 1 amide bonds. The number of carbonyl (C=O) groups is 1. The monoisotopic (exact) mass is 238 g/mol. The summed E-state index contributed by atoms with van der Waals surface area (Å²) in [6.07, 6.45) is 0.460. The molecule has 2 aliphatic heterocycles. The molecule has 1 aromatic carbocycles. The Morgan fingerprint density at radius 3 is 2.69 bits per heavy atom. The third kappa shape index (κ3) is 1.27. The fraction of sp³-hybridized carbons (Fsp3) is 0.300. The Hall–Kier alpha value is -1.40. The largest absolute Gasteiger partial charge is 0.304 e. The van der Waals surface area contributed by atoms with Crippen molar-refractivity contribution >= 4 is 16.1 Å². The molecule has 0 saturated carbocycles. The molecule has 0 spiro atoms. The molecule has 1 aromatic rings. The van der Waals surface area contributed by atoms with Crippen molar-refractivity contribution in [1.82, 2.24) is 9.03 Å². The second-order valence-corrected chi connectivity index (χ2v) is 5.63. The summed E-state index contributed by atoms with van der Waals surface area (Å²) < 4.78 is 26.5. The number of nitrogens with zero attached hydrogens (tertiary/aromatic N) is 1. The Bertz CT molecular complexity index is 567. The van der Waals surface area contributed by atoms with Crippen LogP contribution in [-0.4, -0.2) is 24.7 Å². The Balaban J connectivity index is 2.09. The van der Waals surface area contributed by atoms with Crippen LogP contribution in [0.3, 0.4) is 0 Å². The zero-order chi connectivity index (χ0) is 11.3. The number of rotatable bonds is 0. The molecule has 1 atom stereocenters. The van der Waals surface area contributed by atoms with Crippen LogP contribution in [0.4, 0.5) is 0 Å². The van der Waals surface area contributed by atoms with Gasteiger partial charge in [0.1, 0.15) is 6.04 Å². The highest BCUT2D eigenvalue weighted by molar-refractivity contribution is 7.88. The van der Waals surface area contributed by atoms with Crippen LogP contribution in [0.25, 0.3) is 0 Å². The van der Waals surface area contributed by atoms with Crippen molar-refractivity contribution in [3.05, 3.63) is 35.4 Å². The highest BCUT2D eigenvalue weighted by atomic mass is 32.2. The van der Waals surface area contributed by atoms with Crippen molar-refractivity contribution in [3.8, 4) is 0 Å². The summed E-state index contributed by atoms with van der Waals surface area (Å²) in [6, 6.07) is 7.03. The molecule has 6 heteroatoms. The van der Waals surface area contributed by atoms with Crippen LogP contribution in [0.1, 0.15) is 11.1 Å². The third-order valence-corrected chi connectivity index (χ3v) is 4.51. The lowest BCUT2D eigenvalue weighted by Gasteiger charge is -2.26. The molecule has 1 N–H and O–H groups in total. The molecule has 0 bridgehead atoms. The Morgan fingerprint density at radius 2 is 1.94 bits per heavy atom. The van der Waals surface area contributed by atoms with E-state index in [1.807, 2.05) is 29.0 Å². The molecular weight excluding hydrogens is 228 g/mol. The van der Waals surface area contributed by atoms with Crippen molar-refractivity contribution in [2.75, 3.05) is 0 Å². The van der Waals surface area contributed by atoms with E-state index in [0.29, 0.717) is 6.42 Å². The van der Waals surface area contributed by atoms with Gasteiger partial charge in [-0.1, -0.05) is 24.3 Å². The first-order valence-corrected chi connectivity index (χ1v) is 6.42. The third-order valence-electron chi connectivity index (χ3n) is 3.05. The minimum Gasteiger partial charge on any atom is -0.272 e. The fourth-order valence-corrected chi connectivity index (χ4v) is 3.55. The predicted octanol–water partition coefficient (Wildman–Crippen LogP) is -0.212. The second-order valence-electron chi connectivity index (χ2n) is 4.01. The average molecular weight is 238 g/mol. The van der Waals surface area contributed by atoms with E-state index in [1.165, 1.54) is 4.31 Å². The molecule has 84 valence electrons. The normalized spacial score (nSPS) is 27.0. The molecule has 5 nitrogen and oxygen atoms in total. The first kappa shape index (κ1) is 9.80. The fourth-order valence-electron chi connectivity index (χ4n) is 2.23. The lowest BCUT2D eigenvalue weighted by Crippen LogP contribution is -2.40. The van der Waals surface area contributed by atoms with Crippen LogP contribution in [0.5, 0.6) is 0 Å². The molecule has 1 fully saturated rings. The maximum absolute atomic E-state index is 11.6. The maximum Gasteiger partial charge on any atom is 0.304 e. The van der Waals surface area contributed by atoms with E-state index in [2.05, 4.69) is 0 Å².